The maximum atomic E-state index is 12.0. The van der Waals surface area contributed by atoms with Gasteiger partial charge < -0.3 is 5.11 Å². The molecule has 3 rings (SSSR count). The van der Waals surface area contributed by atoms with Crippen LogP contribution in [0.15, 0.2) is 12.2 Å². The molecule has 0 aromatic rings. The van der Waals surface area contributed by atoms with Gasteiger partial charge in [0.15, 0.2) is 5.78 Å². The molecule has 4 atom stereocenters. The zero-order valence-corrected chi connectivity index (χ0v) is 9.52. The van der Waals surface area contributed by atoms with Crippen molar-refractivity contribution in [2.75, 3.05) is 0 Å². The first-order valence-electron chi connectivity index (χ1n) is 5.99. The highest BCUT2D eigenvalue weighted by atomic mass is 16.3. The van der Waals surface area contributed by atoms with E-state index in [9.17, 15) is 9.90 Å². The molecule has 0 aliphatic heterocycles. The zero-order chi connectivity index (χ0) is 11.0. The van der Waals surface area contributed by atoms with Crippen molar-refractivity contribution in [2.45, 2.75) is 39.2 Å². The molecule has 1 N–H and O–H groups in total. The van der Waals surface area contributed by atoms with Gasteiger partial charge in [-0.15, -0.1) is 0 Å². The second kappa shape index (κ2) is 4.09. The van der Waals surface area contributed by atoms with Crippen LogP contribution in [0.1, 0.15) is 33.1 Å². The number of ketones is 1. The van der Waals surface area contributed by atoms with Gasteiger partial charge in [0, 0.05) is 5.92 Å². The van der Waals surface area contributed by atoms with E-state index in [1.54, 1.807) is 0 Å². The number of carbonyl (C=O) groups is 1. The second-order valence-corrected chi connectivity index (χ2v) is 5.32. The van der Waals surface area contributed by atoms with Gasteiger partial charge in [-0.25, -0.2) is 0 Å². The van der Waals surface area contributed by atoms with Gasteiger partial charge in [-0.3, -0.25) is 4.79 Å². The maximum Gasteiger partial charge on any atom is 0.165 e. The largest absolute Gasteiger partial charge is 0.385 e. The van der Waals surface area contributed by atoms with Crippen molar-refractivity contribution in [2.24, 2.45) is 23.7 Å². The quantitative estimate of drug-likeness (QED) is 0.722. The van der Waals surface area contributed by atoms with Gasteiger partial charge >= 0.3 is 0 Å². The highest BCUT2D eigenvalue weighted by Gasteiger charge is 2.38. The molecule has 0 saturated heterocycles. The van der Waals surface area contributed by atoms with E-state index in [0.29, 0.717) is 11.8 Å². The lowest BCUT2D eigenvalue weighted by Gasteiger charge is -2.38. The Morgan fingerprint density at radius 3 is 2.47 bits per heavy atom. The average Bonchev–Trinajstić information content (AvgIpc) is 2.28. The Hall–Kier alpha value is -0.630. The highest BCUT2D eigenvalue weighted by molar-refractivity contribution is 5.86. The van der Waals surface area contributed by atoms with E-state index >= 15 is 0 Å². The Morgan fingerprint density at radius 2 is 2.07 bits per heavy atom. The van der Waals surface area contributed by atoms with E-state index < -0.39 is 6.10 Å². The summed E-state index contributed by atoms with van der Waals surface area (Å²) in [4.78, 5) is 12.0. The fourth-order valence-corrected chi connectivity index (χ4v) is 2.81. The molecular formula is C13H20O2. The summed E-state index contributed by atoms with van der Waals surface area (Å²) in [5, 5.41) is 9.80. The number of Topliss-reactive ketones (excluding diaryl/α,β-unsaturated/α-hetero) is 1. The van der Waals surface area contributed by atoms with Crippen LogP contribution in [0.4, 0.5) is 0 Å². The van der Waals surface area contributed by atoms with Gasteiger partial charge in [-0.05, 0) is 37.0 Å². The Bertz CT molecular complexity index is 280. The van der Waals surface area contributed by atoms with Crippen LogP contribution in [0, 0.1) is 23.7 Å². The molecule has 15 heavy (non-hydrogen) atoms. The van der Waals surface area contributed by atoms with Crippen molar-refractivity contribution >= 4 is 5.78 Å². The molecule has 3 aliphatic rings. The summed E-state index contributed by atoms with van der Waals surface area (Å²) in [6.07, 6.45) is 6.99. The number of aliphatic hydroxyl groups excluding tert-OH is 1. The average molecular weight is 208 g/mol. The van der Waals surface area contributed by atoms with E-state index in [0.717, 1.165) is 12.8 Å². The van der Waals surface area contributed by atoms with Crippen LogP contribution in [0.5, 0.6) is 0 Å². The molecule has 2 nitrogen and oxygen atoms in total. The summed E-state index contributed by atoms with van der Waals surface area (Å²) in [6.45, 7) is 3.80. The molecule has 1 saturated carbocycles. The normalized spacial score (nSPS) is 35.9. The van der Waals surface area contributed by atoms with E-state index in [1.807, 2.05) is 13.8 Å². The molecule has 0 spiro atoms. The number of carbonyl (C=O) groups excluding carboxylic acids is 1. The summed E-state index contributed by atoms with van der Waals surface area (Å²) in [5.74, 6) is 1.19. The molecule has 0 radical (unpaired) electrons. The van der Waals surface area contributed by atoms with Crippen molar-refractivity contribution in [1.29, 1.82) is 0 Å². The highest BCUT2D eigenvalue weighted by Crippen LogP contribution is 2.41. The Balaban J connectivity index is 2.06. The minimum Gasteiger partial charge on any atom is -0.385 e. The van der Waals surface area contributed by atoms with Crippen molar-refractivity contribution < 1.29 is 9.90 Å². The van der Waals surface area contributed by atoms with Crippen LogP contribution in [0.3, 0.4) is 0 Å². The summed E-state index contributed by atoms with van der Waals surface area (Å²) in [6, 6.07) is 0. The first-order chi connectivity index (χ1) is 7.09. The van der Waals surface area contributed by atoms with Gasteiger partial charge in [0.05, 0.1) is 0 Å². The van der Waals surface area contributed by atoms with Crippen LogP contribution >= 0.6 is 0 Å². The summed E-state index contributed by atoms with van der Waals surface area (Å²) in [7, 11) is 0. The Morgan fingerprint density at radius 1 is 1.33 bits per heavy atom. The predicted molar refractivity (Wildman–Crippen MR) is 59.3 cm³/mol. The van der Waals surface area contributed by atoms with Crippen molar-refractivity contribution in [3.63, 3.8) is 0 Å². The van der Waals surface area contributed by atoms with Gasteiger partial charge in [-0.1, -0.05) is 26.0 Å². The maximum absolute atomic E-state index is 12.0. The summed E-state index contributed by atoms with van der Waals surface area (Å²) in [5.41, 5.74) is 0. The number of aliphatic hydroxyl groups is 1. The van der Waals surface area contributed by atoms with Crippen LogP contribution in [0.2, 0.25) is 0 Å². The Labute approximate surface area is 91.4 Å². The molecule has 0 aromatic carbocycles. The second-order valence-electron chi connectivity index (χ2n) is 5.32. The summed E-state index contributed by atoms with van der Waals surface area (Å²) < 4.78 is 0. The molecule has 0 aromatic heterocycles. The molecular weight excluding hydrogens is 188 g/mol. The zero-order valence-electron chi connectivity index (χ0n) is 9.52. The van der Waals surface area contributed by atoms with Gasteiger partial charge in [0.1, 0.15) is 6.10 Å². The number of hydrogen-bond acceptors (Lipinski definition) is 2. The van der Waals surface area contributed by atoms with Gasteiger partial charge in [0.2, 0.25) is 0 Å². The van der Waals surface area contributed by atoms with Crippen molar-refractivity contribution in [1.82, 2.24) is 0 Å². The first-order valence-corrected chi connectivity index (χ1v) is 5.99. The number of allylic oxidation sites excluding steroid dienone is 2. The number of rotatable bonds is 3. The first kappa shape index (κ1) is 10.9. The van der Waals surface area contributed by atoms with E-state index in [1.165, 1.54) is 6.42 Å². The molecule has 2 bridgehead atoms. The van der Waals surface area contributed by atoms with E-state index in [2.05, 4.69) is 12.2 Å². The van der Waals surface area contributed by atoms with Gasteiger partial charge in [0.25, 0.3) is 0 Å². The molecule has 0 heterocycles. The smallest absolute Gasteiger partial charge is 0.165 e. The molecule has 1 fully saturated rings. The minimum absolute atomic E-state index is 0.0435. The lowest BCUT2D eigenvalue weighted by atomic mass is 9.66. The third-order valence-corrected chi connectivity index (χ3v) is 3.86. The lowest BCUT2D eigenvalue weighted by Crippen LogP contribution is -2.40. The van der Waals surface area contributed by atoms with E-state index in [4.69, 9.17) is 0 Å². The predicted octanol–water partition coefficient (Wildman–Crippen LogP) is 2.17. The molecule has 0 amide bonds. The standard InChI is InChI=1S/C13H20O2/c1-8(2)12(14)13(15)11-7-9-3-5-10(11)6-4-9/h3,5,8-12,14H,4,6-7H2,1-2H3/t9-,10+,11-,12-/m0/s1. The van der Waals surface area contributed by atoms with Crippen molar-refractivity contribution in [3.8, 4) is 0 Å². The third kappa shape index (κ3) is 2.00. The van der Waals surface area contributed by atoms with Crippen molar-refractivity contribution in [3.05, 3.63) is 12.2 Å². The number of hydrogen-bond donors (Lipinski definition) is 1. The monoisotopic (exact) mass is 208 g/mol. The summed E-state index contributed by atoms with van der Waals surface area (Å²) >= 11 is 0. The van der Waals surface area contributed by atoms with E-state index in [-0.39, 0.29) is 17.6 Å². The molecule has 2 heteroatoms. The fourth-order valence-electron chi connectivity index (χ4n) is 2.81. The van der Waals surface area contributed by atoms with Gasteiger partial charge in [-0.2, -0.15) is 0 Å². The fraction of sp³-hybridized carbons (Fsp3) is 0.769. The third-order valence-electron chi connectivity index (χ3n) is 3.86. The minimum atomic E-state index is -0.761. The molecule has 3 aliphatic carbocycles. The Kier molecular flexibility index (Phi) is 2.96. The topological polar surface area (TPSA) is 37.3 Å². The lowest BCUT2D eigenvalue weighted by molar-refractivity contribution is -0.136. The van der Waals surface area contributed by atoms with Crippen LogP contribution in [-0.2, 0) is 4.79 Å². The SMILES string of the molecule is CC(C)[C@H](O)C(=O)[C@H]1C[C@H]2C=C[C@@H]1CC2. The van der Waals surface area contributed by atoms with Crippen LogP contribution in [-0.4, -0.2) is 17.0 Å². The van der Waals surface area contributed by atoms with Crippen LogP contribution in [0.25, 0.3) is 0 Å². The molecule has 84 valence electrons. The number of fused-ring (bicyclic) bond motifs is 2. The molecule has 0 unspecified atom stereocenters. The van der Waals surface area contributed by atoms with Crippen LogP contribution < -0.4 is 0 Å².